The highest BCUT2D eigenvalue weighted by molar-refractivity contribution is 6.33. The number of hydrogen-bond donors (Lipinski definition) is 3. The molecule has 0 saturated heterocycles. The zero-order chi connectivity index (χ0) is 20.1. The molecule has 3 rings (SSSR count). The van der Waals surface area contributed by atoms with Gasteiger partial charge >= 0.3 is 0 Å². The lowest BCUT2D eigenvalue weighted by atomic mass is 10.1. The Labute approximate surface area is 170 Å². The van der Waals surface area contributed by atoms with Crippen LogP contribution in [0.3, 0.4) is 0 Å². The lowest BCUT2D eigenvalue weighted by Gasteiger charge is -2.20. The van der Waals surface area contributed by atoms with E-state index in [1.165, 1.54) is 0 Å². The second kappa shape index (κ2) is 8.99. The van der Waals surface area contributed by atoms with E-state index in [1.807, 2.05) is 63.2 Å². The Hall–Kier alpha value is -2.70. The van der Waals surface area contributed by atoms with Crippen molar-refractivity contribution < 1.29 is 5.11 Å². The molecule has 2 aromatic heterocycles. The Balaban J connectivity index is 1.99. The lowest BCUT2D eigenvalue weighted by Crippen LogP contribution is -2.30. The number of aryl methyl sites for hydroxylation is 1. The number of pyridine rings is 1. The molecule has 0 aliphatic rings. The number of benzene rings is 1. The van der Waals surface area contributed by atoms with Crippen LogP contribution in [0.1, 0.15) is 19.4 Å². The van der Waals surface area contributed by atoms with E-state index in [2.05, 4.69) is 25.6 Å². The average Bonchev–Trinajstić information content (AvgIpc) is 2.68. The summed E-state index contributed by atoms with van der Waals surface area (Å²) in [5.74, 6) is 1.22. The Morgan fingerprint density at radius 2 is 1.89 bits per heavy atom. The van der Waals surface area contributed by atoms with Crippen LogP contribution < -0.4 is 10.6 Å². The van der Waals surface area contributed by atoms with Gasteiger partial charge < -0.3 is 15.7 Å². The van der Waals surface area contributed by atoms with Crippen LogP contribution in [0.4, 0.5) is 17.5 Å². The topological polar surface area (TPSA) is 83.0 Å². The fourth-order valence-electron chi connectivity index (χ4n) is 2.67. The van der Waals surface area contributed by atoms with Gasteiger partial charge in [-0.15, -0.1) is 0 Å². The van der Waals surface area contributed by atoms with Gasteiger partial charge in [0.1, 0.15) is 5.82 Å². The summed E-state index contributed by atoms with van der Waals surface area (Å²) in [6.07, 6.45) is 1.72. The highest BCUT2D eigenvalue weighted by atomic mass is 35.5. The highest BCUT2D eigenvalue weighted by Gasteiger charge is 2.15. The third kappa shape index (κ3) is 4.97. The molecule has 0 radical (unpaired) electrons. The molecule has 7 heteroatoms. The molecule has 0 saturated carbocycles. The number of halogens is 1. The predicted octanol–water partition coefficient (Wildman–Crippen LogP) is 4.67. The van der Waals surface area contributed by atoms with Crippen LogP contribution in [-0.2, 0) is 0 Å². The fourth-order valence-corrected chi connectivity index (χ4v) is 2.95. The van der Waals surface area contributed by atoms with Crippen LogP contribution >= 0.6 is 11.6 Å². The van der Waals surface area contributed by atoms with E-state index in [0.717, 1.165) is 16.9 Å². The summed E-state index contributed by atoms with van der Waals surface area (Å²) in [5, 5.41) is 16.7. The molecule has 0 fully saturated rings. The van der Waals surface area contributed by atoms with Crippen LogP contribution in [0.5, 0.6) is 0 Å². The molecule has 0 spiro atoms. The summed E-state index contributed by atoms with van der Waals surface area (Å²) in [6.45, 7) is 6.04. The maximum atomic E-state index is 9.65. The van der Waals surface area contributed by atoms with Crippen molar-refractivity contribution in [1.29, 1.82) is 0 Å². The standard InChI is InChI=1S/C21H24ClN5O/c1-13(2)19(12-28)26-21-25-18(17-6-4-5-9-23-17)11-20(27-21)24-16-8-7-14(3)10-15(16)22/h4-11,13,19,28H,12H2,1-3H3,(H2,24,25,26,27)/t19-/m0/s1. The van der Waals surface area contributed by atoms with Gasteiger partial charge in [0.15, 0.2) is 0 Å². The second-order valence-corrected chi connectivity index (χ2v) is 7.37. The normalized spacial score (nSPS) is 12.1. The number of hydrogen-bond acceptors (Lipinski definition) is 6. The molecule has 0 amide bonds. The molecule has 146 valence electrons. The quantitative estimate of drug-likeness (QED) is 0.537. The van der Waals surface area contributed by atoms with Crippen molar-refractivity contribution in [1.82, 2.24) is 15.0 Å². The molecule has 0 aliphatic heterocycles. The number of aliphatic hydroxyl groups excluding tert-OH is 1. The molecular weight excluding hydrogens is 374 g/mol. The summed E-state index contributed by atoms with van der Waals surface area (Å²) >= 11 is 6.36. The van der Waals surface area contributed by atoms with Gasteiger partial charge in [0.05, 0.1) is 34.7 Å². The average molecular weight is 398 g/mol. The van der Waals surface area contributed by atoms with Crippen molar-refractivity contribution in [3.63, 3.8) is 0 Å². The van der Waals surface area contributed by atoms with Gasteiger partial charge in [0, 0.05) is 12.3 Å². The van der Waals surface area contributed by atoms with Gasteiger partial charge in [-0.25, -0.2) is 4.98 Å². The minimum atomic E-state index is -0.158. The number of nitrogens with zero attached hydrogens (tertiary/aromatic N) is 3. The summed E-state index contributed by atoms with van der Waals surface area (Å²) in [6, 6.07) is 13.1. The van der Waals surface area contributed by atoms with Crippen LogP contribution in [0.2, 0.25) is 5.02 Å². The van der Waals surface area contributed by atoms with Crippen molar-refractivity contribution in [2.45, 2.75) is 26.8 Å². The van der Waals surface area contributed by atoms with Gasteiger partial charge in [0.2, 0.25) is 5.95 Å². The Morgan fingerprint density at radius 3 is 2.54 bits per heavy atom. The van der Waals surface area contributed by atoms with Gasteiger partial charge in [-0.2, -0.15) is 4.98 Å². The number of nitrogens with one attached hydrogen (secondary N) is 2. The maximum Gasteiger partial charge on any atom is 0.225 e. The number of rotatable bonds is 7. The third-order valence-corrected chi connectivity index (χ3v) is 4.67. The summed E-state index contributed by atoms with van der Waals surface area (Å²) in [4.78, 5) is 13.5. The van der Waals surface area contributed by atoms with Gasteiger partial charge in [-0.3, -0.25) is 4.98 Å². The van der Waals surface area contributed by atoms with Gasteiger partial charge in [-0.05, 0) is 42.7 Å². The van der Waals surface area contributed by atoms with E-state index in [4.69, 9.17) is 11.6 Å². The zero-order valence-electron chi connectivity index (χ0n) is 16.1. The summed E-state index contributed by atoms with van der Waals surface area (Å²) in [5.41, 5.74) is 3.24. The Bertz CT molecular complexity index is 933. The largest absolute Gasteiger partial charge is 0.394 e. The van der Waals surface area contributed by atoms with Crippen molar-refractivity contribution in [3.8, 4) is 11.4 Å². The fraction of sp³-hybridized carbons (Fsp3) is 0.286. The molecule has 0 unspecified atom stereocenters. The highest BCUT2D eigenvalue weighted by Crippen LogP contribution is 2.28. The van der Waals surface area contributed by atoms with Crippen molar-refractivity contribution in [3.05, 3.63) is 59.2 Å². The monoisotopic (exact) mass is 397 g/mol. The smallest absolute Gasteiger partial charge is 0.225 e. The van der Waals surface area contributed by atoms with Crippen LogP contribution in [-0.4, -0.2) is 32.7 Å². The second-order valence-electron chi connectivity index (χ2n) is 6.96. The van der Waals surface area contributed by atoms with E-state index < -0.39 is 0 Å². The van der Waals surface area contributed by atoms with Crippen molar-refractivity contribution in [2.24, 2.45) is 5.92 Å². The van der Waals surface area contributed by atoms with Crippen molar-refractivity contribution >= 4 is 29.1 Å². The molecule has 0 bridgehead atoms. The molecule has 1 atom stereocenters. The number of anilines is 3. The Kier molecular flexibility index (Phi) is 6.44. The first-order chi connectivity index (χ1) is 13.5. The molecule has 3 aromatic rings. The van der Waals surface area contributed by atoms with Crippen molar-refractivity contribution in [2.75, 3.05) is 17.2 Å². The van der Waals surface area contributed by atoms with Crippen LogP contribution in [0.25, 0.3) is 11.4 Å². The molecule has 2 heterocycles. The van der Waals surface area contributed by atoms with E-state index in [9.17, 15) is 5.11 Å². The molecule has 0 aliphatic carbocycles. The number of aromatic nitrogens is 3. The molecular formula is C21H24ClN5O. The predicted molar refractivity (Wildman–Crippen MR) is 114 cm³/mol. The first-order valence-electron chi connectivity index (χ1n) is 9.17. The molecule has 28 heavy (non-hydrogen) atoms. The molecule has 3 N–H and O–H groups in total. The summed E-state index contributed by atoms with van der Waals surface area (Å²) in [7, 11) is 0. The minimum absolute atomic E-state index is 0.0125. The van der Waals surface area contributed by atoms with E-state index in [0.29, 0.717) is 22.5 Å². The SMILES string of the molecule is Cc1ccc(Nc2cc(-c3ccccn3)nc(N[C@@H](CO)C(C)C)n2)c(Cl)c1. The minimum Gasteiger partial charge on any atom is -0.394 e. The lowest BCUT2D eigenvalue weighted by molar-refractivity contribution is 0.248. The number of aliphatic hydroxyl groups is 1. The maximum absolute atomic E-state index is 9.65. The zero-order valence-corrected chi connectivity index (χ0v) is 16.9. The summed E-state index contributed by atoms with van der Waals surface area (Å²) < 4.78 is 0. The van der Waals surface area contributed by atoms with Gasteiger partial charge in [-0.1, -0.05) is 37.6 Å². The van der Waals surface area contributed by atoms with E-state index in [-0.39, 0.29) is 18.6 Å². The van der Waals surface area contributed by atoms with E-state index in [1.54, 1.807) is 6.20 Å². The third-order valence-electron chi connectivity index (χ3n) is 4.36. The van der Waals surface area contributed by atoms with E-state index >= 15 is 0 Å². The van der Waals surface area contributed by atoms with Gasteiger partial charge in [0.25, 0.3) is 0 Å². The first-order valence-corrected chi connectivity index (χ1v) is 9.55. The van der Waals surface area contributed by atoms with Crippen LogP contribution in [0, 0.1) is 12.8 Å². The molecule has 1 aromatic carbocycles. The first kappa shape index (κ1) is 20.0. The Morgan fingerprint density at radius 1 is 1.07 bits per heavy atom. The molecule has 6 nitrogen and oxygen atoms in total. The van der Waals surface area contributed by atoms with Crippen LogP contribution in [0.15, 0.2) is 48.7 Å².